The lowest BCUT2D eigenvalue weighted by molar-refractivity contribution is -0.113. The summed E-state index contributed by atoms with van der Waals surface area (Å²) >= 11 is 1.31. The topological polar surface area (TPSA) is 64.0 Å². The molecule has 3 aromatic rings. The molecule has 0 saturated heterocycles. The normalized spacial score (nSPS) is 13.1. The van der Waals surface area contributed by atoms with Gasteiger partial charge in [-0.2, -0.15) is 0 Å². The monoisotopic (exact) mass is 407 g/mol. The molecule has 6 heteroatoms. The zero-order valence-electron chi connectivity index (χ0n) is 16.8. The largest absolute Gasteiger partial charge is 0.325 e. The number of amides is 1. The predicted octanol–water partition coefficient (Wildman–Crippen LogP) is 4.27. The standard InChI is InChI=1S/C23H25N3O2S/c1-15(2)13-26-22(28)19-8-3-4-9-20(19)25-23(26)29-14-21(27)24-18-11-10-16-6-5-7-17(16)12-18/h3-4,8-12,15H,5-7,13-14H2,1-2H3,(H,24,27). The fourth-order valence-corrected chi connectivity index (χ4v) is 4.57. The Kier molecular flexibility index (Phi) is 5.72. The number of aromatic nitrogens is 2. The van der Waals surface area contributed by atoms with Crippen LogP contribution in [0, 0.1) is 5.92 Å². The Balaban J connectivity index is 1.52. The van der Waals surface area contributed by atoms with Gasteiger partial charge in [-0.3, -0.25) is 14.2 Å². The summed E-state index contributed by atoms with van der Waals surface area (Å²) in [4.78, 5) is 30.1. The smallest absolute Gasteiger partial charge is 0.262 e. The third-order valence-electron chi connectivity index (χ3n) is 5.09. The Morgan fingerprint density at radius 3 is 2.79 bits per heavy atom. The van der Waals surface area contributed by atoms with Crippen molar-refractivity contribution in [2.24, 2.45) is 5.92 Å². The maximum Gasteiger partial charge on any atom is 0.262 e. The van der Waals surface area contributed by atoms with Gasteiger partial charge in [-0.1, -0.05) is 43.8 Å². The van der Waals surface area contributed by atoms with Crippen molar-refractivity contribution in [3.63, 3.8) is 0 Å². The lowest BCUT2D eigenvalue weighted by Crippen LogP contribution is -2.26. The molecule has 1 amide bonds. The molecule has 0 saturated carbocycles. The van der Waals surface area contributed by atoms with Crippen molar-refractivity contribution in [2.75, 3.05) is 11.1 Å². The average Bonchev–Trinajstić information content (AvgIpc) is 3.16. The first-order chi connectivity index (χ1) is 14.0. The van der Waals surface area contributed by atoms with Crippen molar-refractivity contribution in [3.05, 3.63) is 63.9 Å². The van der Waals surface area contributed by atoms with Gasteiger partial charge in [-0.05, 0) is 60.6 Å². The Morgan fingerprint density at radius 1 is 1.17 bits per heavy atom. The van der Waals surface area contributed by atoms with E-state index in [1.807, 2.05) is 24.3 Å². The van der Waals surface area contributed by atoms with Crippen LogP contribution < -0.4 is 10.9 Å². The number of anilines is 1. The number of hydrogen-bond donors (Lipinski definition) is 1. The Labute approximate surface area is 174 Å². The number of para-hydroxylation sites is 1. The van der Waals surface area contributed by atoms with E-state index in [-0.39, 0.29) is 17.2 Å². The van der Waals surface area contributed by atoms with Crippen molar-refractivity contribution in [1.82, 2.24) is 9.55 Å². The first-order valence-electron chi connectivity index (χ1n) is 10.1. The summed E-state index contributed by atoms with van der Waals surface area (Å²) in [5, 5.41) is 4.18. The van der Waals surface area contributed by atoms with E-state index in [1.165, 1.54) is 29.3 Å². The molecule has 29 heavy (non-hydrogen) atoms. The highest BCUT2D eigenvalue weighted by Gasteiger charge is 2.15. The number of nitrogens with one attached hydrogen (secondary N) is 1. The first-order valence-corrected chi connectivity index (χ1v) is 11.0. The molecule has 2 aromatic carbocycles. The second-order valence-electron chi connectivity index (χ2n) is 7.90. The van der Waals surface area contributed by atoms with Crippen LogP contribution >= 0.6 is 11.8 Å². The van der Waals surface area contributed by atoms with Crippen molar-refractivity contribution in [2.45, 2.75) is 44.8 Å². The molecule has 0 fully saturated rings. The van der Waals surface area contributed by atoms with Crippen molar-refractivity contribution in [3.8, 4) is 0 Å². The van der Waals surface area contributed by atoms with Crippen LogP contribution in [0.3, 0.4) is 0 Å². The van der Waals surface area contributed by atoms with E-state index >= 15 is 0 Å². The minimum Gasteiger partial charge on any atom is -0.325 e. The van der Waals surface area contributed by atoms with E-state index in [0.717, 1.165) is 18.5 Å². The van der Waals surface area contributed by atoms with Crippen LogP contribution in [0.25, 0.3) is 10.9 Å². The van der Waals surface area contributed by atoms with Gasteiger partial charge in [-0.25, -0.2) is 4.98 Å². The van der Waals surface area contributed by atoms with Gasteiger partial charge in [0.2, 0.25) is 5.91 Å². The zero-order valence-corrected chi connectivity index (χ0v) is 17.6. The quantitative estimate of drug-likeness (QED) is 0.490. The molecule has 4 rings (SSSR count). The summed E-state index contributed by atoms with van der Waals surface area (Å²) in [5.74, 6) is 0.418. The third kappa shape index (κ3) is 4.37. The SMILES string of the molecule is CC(C)Cn1c(SCC(=O)Nc2ccc3c(c2)CCC3)nc2ccccc2c1=O. The first kappa shape index (κ1) is 19.7. The number of benzene rings is 2. The number of rotatable bonds is 6. The average molecular weight is 408 g/mol. The molecular formula is C23H25N3O2S. The number of carbonyl (C=O) groups is 1. The number of nitrogens with zero attached hydrogens (tertiary/aromatic N) is 2. The predicted molar refractivity (Wildman–Crippen MR) is 119 cm³/mol. The van der Waals surface area contributed by atoms with Crippen molar-refractivity contribution in [1.29, 1.82) is 0 Å². The number of thioether (sulfide) groups is 1. The van der Waals surface area contributed by atoms with Gasteiger partial charge in [-0.15, -0.1) is 0 Å². The molecule has 5 nitrogen and oxygen atoms in total. The summed E-state index contributed by atoms with van der Waals surface area (Å²) in [5.41, 5.74) is 4.17. The molecule has 0 atom stereocenters. The molecule has 0 radical (unpaired) electrons. The maximum absolute atomic E-state index is 12.9. The molecule has 1 heterocycles. The van der Waals surface area contributed by atoms with Crippen LogP contribution in [0.2, 0.25) is 0 Å². The second-order valence-corrected chi connectivity index (χ2v) is 8.84. The van der Waals surface area contributed by atoms with Crippen molar-refractivity contribution >= 4 is 34.3 Å². The van der Waals surface area contributed by atoms with E-state index in [2.05, 4.69) is 36.3 Å². The molecule has 0 unspecified atom stereocenters. The van der Waals surface area contributed by atoms with Crippen molar-refractivity contribution < 1.29 is 4.79 Å². The van der Waals surface area contributed by atoms with E-state index in [1.54, 1.807) is 10.6 Å². The van der Waals surface area contributed by atoms with Gasteiger partial charge < -0.3 is 5.32 Å². The number of fused-ring (bicyclic) bond motifs is 2. The summed E-state index contributed by atoms with van der Waals surface area (Å²) in [6, 6.07) is 13.5. The fraction of sp³-hybridized carbons (Fsp3) is 0.348. The van der Waals surface area contributed by atoms with E-state index in [0.29, 0.717) is 28.5 Å². The van der Waals surface area contributed by atoms with Crippen LogP contribution in [0.1, 0.15) is 31.4 Å². The fourth-order valence-electron chi connectivity index (χ4n) is 3.76. The summed E-state index contributed by atoms with van der Waals surface area (Å²) in [6.07, 6.45) is 3.39. The second kappa shape index (κ2) is 8.41. The highest BCUT2D eigenvalue weighted by molar-refractivity contribution is 7.99. The van der Waals surface area contributed by atoms with E-state index in [4.69, 9.17) is 0 Å². The summed E-state index contributed by atoms with van der Waals surface area (Å²) in [6.45, 7) is 4.71. The maximum atomic E-state index is 12.9. The van der Waals surface area contributed by atoms with Crippen LogP contribution in [0.15, 0.2) is 52.4 Å². The third-order valence-corrected chi connectivity index (χ3v) is 6.07. The number of carbonyl (C=O) groups excluding carboxylic acids is 1. The van der Waals surface area contributed by atoms with Gasteiger partial charge in [0.1, 0.15) is 0 Å². The highest BCUT2D eigenvalue weighted by Crippen LogP contribution is 2.25. The van der Waals surface area contributed by atoms with Gasteiger partial charge in [0, 0.05) is 12.2 Å². The van der Waals surface area contributed by atoms with Gasteiger partial charge >= 0.3 is 0 Å². The Bertz CT molecular complexity index is 1120. The molecule has 1 aliphatic rings. The minimum atomic E-state index is -0.0912. The summed E-state index contributed by atoms with van der Waals surface area (Å²) in [7, 11) is 0. The van der Waals surface area contributed by atoms with Gasteiger partial charge in [0.15, 0.2) is 5.16 Å². The molecule has 1 N–H and O–H groups in total. The van der Waals surface area contributed by atoms with Gasteiger partial charge in [0.25, 0.3) is 5.56 Å². The lowest BCUT2D eigenvalue weighted by Gasteiger charge is -2.15. The van der Waals surface area contributed by atoms with Gasteiger partial charge in [0.05, 0.1) is 16.7 Å². The van der Waals surface area contributed by atoms with Crippen LogP contribution in [0.5, 0.6) is 0 Å². The van der Waals surface area contributed by atoms with E-state index in [9.17, 15) is 9.59 Å². The highest BCUT2D eigenvalue weighted by atomic mass is 32.2. The molecule has 150 valence electrons. The van der Waals surface area contributed by atoms with Crippen LogP contribution in [-0.4, -0.2) is 21.2 Å². The van der Waals surface area contributed by atoms with E-state index < -0.39 is 0 Å². The van der Waals surface area contributed by atoms with Crippen LogP contribution in [0.4, 0.5) is 5.69 Å². The lowest BCUT2D eigenvalue weighted by atomic mass is 10.1. The zero-order chi connectivity index (χ0) is 20.4. The Hall–Kier alpha value is -2.60. The minimum absolute atomic E-state index is 0.0502. The molecule has 1 aliphatic carbocycles. The number of hydrogen-bond acceptors (Lipinski definition) is 4. The Morgan fingerprint density at radius 2 is 1.97 bits per heavy atom. The summed E-state index contributed by atoms with van der Waals surface area (Å²) < 4.78 is 1.69. The molecule has 0 spiro atoms. The van der Waals surface area contributed by atoms with Crippen LogP contribution in [-0.2, 0) is 24.2 Å². The molecule has 1 aromatic heterocycles. The molecular weight excluding hydrogens is 382 g/mol. The molecule has 0 bridgehead atoms. The number of aryl methyl sites for hydroxylation is 2. The molecule has 0 aliphatic heterocycles.